The van der Waals surface area contributed by atoms with E-state index < -0.39 is 27.4 Å². The largest absolute Gasteiger partial charge is 0.494 e. The van der Waals surface area contributed by atoms with Crippen molar-refractivity contribution in [3.63, 3.8) is 0 Å². The Morgan fingerprint density at radius 3 is 2.41 bits per heavy atom. The summed E-state index contributed by atoms with van der Waals surface area (Å²) in [5, 5.41) is 9.72. The number of hydrogen-bond donors (Lipinski definition) is 1. The molecule has 3 aliphatic heterocycles. The number of carbonyl (C=O) groups is 3. The lowest BCUT2D eigenvalue weighted by atomic mass is 9.66. The summed E-state index contributed by atoms with van der Waals surface area (Å²) in [4.78, 5) is 48.8. The van der Waals surface area contributed by atoms with E-state index in [1.165, 1.54) is 0 Å². The number of amides is 3. The zero-order valence-corrected chi connectivity index (χ0v) is 26.5. The van der Waals surface area contributed by atoms with Crippen molar-refractivity contribution < 1.29 is 24.2 Å². The molecule has 1 N–H and O–H groups in total. The van der Waals surface area contributed by atoms with Crippen molar-refractivity contribution in [1.82, 2.24) is 9.80 Å². The van der Waals surface area contributed by atoms with Crippen molar-refractivity contribution >= 4 is 35.2 Å². The molecule has 3 heterocycles. The normalized spacial score (nSPS) is 26.8. The zero-order chi connectivity index (χ0) is 31.5. The Balaban J connectivity index is 1.52. The second-order valence-corrected chi connectivity index (χ2v) is 13.9. The van der Waals surface area contributed by atoms with Crippen molar-refractivity contribution in [2.45, 2.75) is 55.2 Å². The first-order chi connectivity index (χ1) is 21.2. The van der Waals surface area contributed by atoms with E-state index in [0.717, 1.165) is 17.7 Å². The Hall–Kier alpha value is -3.56. The van der Waals surface area contributed by atoms with E-state index in [-0.39, 0.29) is 30.9 Å². The van der Waals surface area contributed by atoms with Gasteiger partial charge >= 0.3 is 0 Å². The van der Waals surface area contributed by atoms with Crippen LogP contribution in [0.5, 0.6) is 5.75 Å². The number of carbonyl (C=O) groups excluding carboxylic acids is 3. The average Bonchev–Trinajstić information content (AvgIpc) is 3.59. The van der Waals surface area contributed by atoms with Gasteiger partial charge in [-0.1, -0.05) is 42.5 Å². The van der Waals surface area contributed by atoms with Crippen molar-refractivity contribution in [2.75, 3.05) is 37.7 Å². The van der Waals surface area contributed by atoms with Crippen LogP contribution in [0.4, 0.5) is 5.69 Å². The summed E-state index contributed by atoms with van der Waals surface area (Å²) < 4.78 is 4.35. The maximum Gasteiger partial charge on any atom is 0.247 e. The molecule has 0 radical (unpaired) electrons. The molecule has 44 heavy (non-hydrogen) atoms. The average molecular weight is 618 g/mol. The van der Waals surface area contributed by atoms with E-state index in [2.05, 4.69) is 20.1 Å². The summed E-state index contributed by atoms with van der Waals surface area (Å²) in [5.41, 5.74) is 1.70. The van der Waals surface area contributed by atoms with Crippen LogP contribution in [0, 0.1) is 11.8 Å². The minimum atomic E-state index is -0.743. The maximum absolute atomic E-state index is 14.6. The fraction of sp³-hybridized carbons (Fsp3) is 0.457. The van der Waals surface area contributed by atoms with Gasteiger partial charge in [-0.2, -0.15) is 0 Å². The van der Waals surface area contributed by atoms with Crippen LogP contribution in [-0.4, -0.2) is 81.0 Å². The van der Waals surface area contributed by atoms with Gasteiger partial charge in [0.1, 0.15) is 11.8 Å². The van der Waals surface area contributed by atoms with E-state index in [1.807, 2.05) is 61.5 Å². The molecule has 3 amide bonds. The number of likely N-dealkylation sites (tertiary alicyclic amines) is 1. The lowest BCUT2D eigenvalue weighted by Crippen LogP contribution is -2.55. The van der Waals surface area contributed by atoms with Crippen LogP contribution < -0.4 is 9.64 Å². The van der Waals surface area contributed by atoms with Gasteiger partial charge in [0, 0.05) is 43.2 Å². The predicted molar refractivity (Wildman–Crippen MR) is 174 cm³/mol. The molecule has 0 aliphatic carbocycles. The summed E-state index contributed by atoms with van der Waals surface area (Å²) in [5.74, 6) is -0.988. The molecule has 0 saturated carbocycles. The minimum absolute atomic E-state index is 0.0964. The molecule has 2 bridgehead atoms. The third-order valence-corrected chi connectivity index (χ3v) is 11.2. The molecular formula is C35H43N3O5S. The Bertz CT molecular complexity index is 1380. The van der Waals surface area contributed by atoms with Gasteiger partial charge in [-0.05, 0) is 62.9 Å². The number of anilines is 1. The first-order valence-electron chi connectivity index (χ1n) is 15.4. The molecule has 2 unspecified atom stereocenters. The molecule has 5 atom stereocenters. The number of hydrogen-bond acceptors (Lipinski definition) is 6. The van der Waals surface area contributed by atoms with E-state index >= 15 is 0 Å². The minimum Gasteiger partial charge on any atom is -0.494 e. The Morgan fingerprint density at radius 2 is 1.77 bits per heavy atom. The smallest absolute Gasteiger partial charge is 0.247 e. The number of benzene rings is 2. The number of thioether (sulfide) groups is 1. The van der Waals surface area contributed by atoms with E-state index in [9.17, 15) is 19.5 Å². The highest BCUT2D eigenvalue weighted by atomic mass is 32.2. The van der Waals surface area contributed by atoms with E-state index in [4.69, 9.17) is 4.74 Å². The quantitative estimate of drug-likeness (QED) is 0.310. The van der Waals surface area contributed by atoms with Crippen LogP contribution in [0.15, 0.2) is 79.9 Å². The zero-order valence-electron chi connectivity index (χ0n) is 25.7. The van der Waals surface area contributed by atoms with Gasteiger partial charge in [0.15, 0.2) is 0 Å². The third-order valence-electron chi connectivity index (χ3n) is 9.25. The Morgan fingerprint density at radius 1 is 1.07 bits per heavy atom. The molecule has 5 rings (SSSR count). The fourth-order valence-corrected chi connectivity index (χ4v) is 9.78. The van der Waals surface area contributed by atoms with Crippen molar-refractivity contribution in [3.8, 4) is 5.75 Å². The summed E-state index contributed by atoms with van der Waals surface area (Å²) in [7, 11) is 0. The highest BCUT2D eigenvalue weighted by Gasteiger charge is 2.77. The van der Waals surface area contributed by atoms with Crippen LogP contribution in [-0.2, 0) is 20.9 Å². The second-order valence-electron chi connectivity index (χ2n) is 12.0. The summed E-state index contributed by atoms with van der Waals surface area (Å²) in [6, 6.07) is 16.4. The van der Waals surface area contributed by atoms with Gasteiger partial charge in [0.05, 0.1) is 23.2 Å². The lowest BCUT2D eigenvalue weighted by Gasteiger charge is -2.38. The molecule has 8 nitrogen and oxygen atoms in total. The molecule has 3 fully saturated rings. The van der Waals surface area contributed by atoms with Crippen molar-refractivity contribution in [2.24, 2.45) is 11.8 Å². The van der Waals surface area contributed by atoms with Crippen LogP contribution in [0.25, 0.3) is 0 Å². The van der Waals surface area contributed by atoms with Gasteiger partial charge < -0.3 is 24.5 Å². The number of rotatable bonds is 14. The number of fused-ring (bicyclic) bond motifs is 1. The van der Waals surface area contributed by atoms with E-state index in [0.29, 0.717) is 44.8 Å². The molecule has 2 aromatic carbocycles. The number of ether oxygens (including phenoxy) is 1. The molecule has 0 aromatic heterocycles. The highest BCUT2D eigenvalue weighted by Crippen LogP contribution is 2.71. The molecule has 3 saturated heterocycles. The van der Waals surface area contributed by atoms with Crippen molar-refractivity contribution in [3.05, 3.63) is 85.5 Å². The fourth-order valence-electron chi connectivity index (χ4n) is 7.44. The van der Waals surface area contributed by atoms with Crippen LogP contribution in [0.1, 0.15) is 38.7 Å². The lowest BCUT2D eigenvalue weighted by molar-refractivity contribution is -0.143. The first kappa shape index (κ1) is 31.9. The molecule has 234 valence electrons. The van der Waals surface area contributed by atoms with Gasteiger partial charge in [0.2, 0.25) is 17.7 Å². The summed E-state index contributed by atoms with van der Waals surface area (Å²) >= 11 is 1.66. The van der Waals surface area contributed by atoms with Crippen LogP contribution in [0.3, 0.4) is 0 Å². The highest BCUT2D eigenvalue weighted by molar-refractivity contribution is 8.02. The van der Waals surface area contributed by atoms with Crippen LogP contribution in [0.2, 0.25) is 0 Å². The van der Waals surface area contributed by atoms with Gasteiger partial charge in [0.25, 0.3) is 0 Å². The van der Waals surface area contributed by atoms with E-state index in [1.54, 1.807) is 38.6 Å². The maximum atomic E-state index is 14.6. The van der Waals surface area contributed by atoms with Crippen LogP contribution >= 0.6 is 11.8 Å². The first-order valence-corrected chi connectivity index (χ1v) is 16.3. The summed E-state index contributed by atoms with van der Waals surface area (Å²) in [6.45, 7) is 13.5. The SMILES string of the molecule is C=CCN(Cc1ccccc1)C(=O)C1N(CCCO)C(=O)[C@@H]2[C@H](C(=O)N(CC=C)c3ccc(OCC)cc3)[C@]3(C)CCC12S3. The predicted octanol–water partition coefficient (Wildman–Crippen LogP) is 4.68. The number of aliphatic hydroxyl groups is 1. The van der Waals surface area contributed by atoms with Gasteiger partial charge in [-0.25, -0.2) is 0 Å². The third kappa shape index (κ3) is 5.56. The molecule has 3 aliphatic rings. The van der Waals surface area contributed by atoms with Crippen molar-refractivity contribution in [1.29, 1.82) is 0 Å². The Labute approximate surface area is 264 Å². The topological polar surface area (TPSA) is 90.4 Å². The van der Waals surface area contributed by atoms with Gasteiger partial charge in [-0.3, -0.25) is 14.4 Å². The standard InChI is InChI=1S/C35H43N3O5S/c1-5-20-36(24-25-12-9-8-10-13-25)33(42)30-35-19-18-34(4,44-35)28(29(35)32(41)38(30)22-11-23-39)31(40)37(21-6-2)26-14-16-27(17-15-26)43-7-3/h5-6,8-10,12-17,28-30,39H,1-2,7,11,18-24H2,3-4H3/t28-,29+,30?,34+,35?/m1/s1. The monoisotopic (exact) mass is 617 g/mol. The molecular weight excluding hydrogens is 574 g/mol. The summed E-state index contributed by atoms with van der Waals surface area (Å²) in [6.07, 6.45) is 5.15. The molecule has 9 heteroatoms. The molecule has 2 aromatic rings. The second kappa shape index (κ2) is 13.2. The number of aliphatic hydroxyl groups excluding tert-OH is 1. The Kier molecular flexibility index (Phi) is 9.56. The molecule has 1 spiro atoms. The van der Waals surface area contributed by atoms with Gasteiger partial charge in [-0.15, -0.1) is 24.9 Å². The number of nitrogens with zero attached hydrogens (tertiary/aromatic N) is 3.